The van der Waals surface area contributed by atoms with E-state index in [1.807, 2.05) is 26.0 Å². The third kappa shape index (κ3) is 5.87. The van der Waals surface area contributed by atoms with Crippen molar-refractivity contribution in [2.45, 2.75) is 132 Å². The first-order valence-electron chi connectivity index (χ1n) is 18.4. The Morgan fingerprint density at radius 1 is 0.957 bits per heavy atom. The quantitative estimate of drug-likeness (QED) is 0.157. The van der Waals surface area contributed by atoms with Crippen LogP contribution in [-0.4, -0.2) is 18.7 Å². The third-order valence-electron chi connectivity index (χ3n) is 13.7. The van der Waals surface area contributed by atoms with Crippen LogP contribution in [0.25, 0.3) is 11.0 Å². The molecule has 5 nitrogen and oxygen atoms in total. The summed E-state index contributed by atoms with van der Waals surface area (Å²) in [4.78, 5) is 25.3. The van der Waals surface area contributed by atoms with E-state index in [2.05, 4.69) is 40.7 Å². The van der Waals surface area contributed by atoms with Crippen LogP contribution in [0.5, 0.6) is 5.75 Å². The molecule has 0 unspecified atom stereocenters. The van der Waals surface area contributed by atoms with Gasteiger partial charge in [0.1, 0.15) is 17.4 Å². The van der Waals surface area contributed by atoms with E-state index in [4.69, 9.17) is 13.9 Å². The predicted molar refractivity (Wildman–Crippen MR) is 185 cm³/mol. The molecule has 2 aromatic rings. The van der Waals surface area contributed by atoms with E-state index in [-0.39, 0.29) is 29.7 Å². The van der Waals surface area contributed by atoms with E-state index < -0.39 is 0 Å². The molecule has 0 amide bonds. The van der Waals surface area contributed by atoms with Gasteiger partial charge in [-0.2, -0.15) is 0 Å². The molecule has 1 heterocycles. The van der Waals surface area contributed by atoms with Gasteiger partial charge in [0.05, 0.1) is 0 Å². The van der Waals surface area contributed by atoms with Crippen molar-refractivity contribution in [2.24, 2.45) is 46.3 Å². The maximum atomic E-state index is 13.0. The molecule has 46 heavy (non-hydrogen) atoms. The smallest absolute Gasteiger partial charge is 0.344 e. The van der Waals surface area contributed by atoms with Crippen LogP contribution in [0.2, 0.25) is 0 Å². The topological polar surface area (TPSA) is 65.7 Å². The van der Waals surface area contributed by atoms with Crippen LogP contribution < -0.4 is 10.4 Å². The molecule has 0 spiro atoms. The Bertz CT molecular complexity index is 1550. The lowest BCUT2D eigenvalue weighted by Gasteiger charge is -2.58. The van der Waals surface area contributed by atoms with Gasteiger partial charge in [-0.3, -0.25) is 0 Å². The van der Waals surface area contributed by atoms with Crippen LogP contribution in [-0.2, 0) is 9.53 Å². The minimum atomic E-state index is -0.339. The lowest BCUT2D eigenvalue weighted by atomic mass is 9.47. The van der Waals surface area contributed by atoms with Gasteiger partial charge in [-0.05, 0) is 130 Å². The van der Waals surface area contributed by atoms with Crippen molar-refractivity contribution < 1.29 is 18.7 Å². The number of esters is 1. The molecule has 8 atom stereocenters. The summed E-state index contributed by atoms with van der Waals surface area (Å²) in [5, 5.41) is 0.889. The average molecular weight is 631 g/mol. The van der Waals surface area contributed by atoms with Crippen molar-refractivity contribution in [3.8, 4) is 5.75 Å². The normalized spacial score (nSPS) is 32.8. The van der Waals surface area contributed by atoms with Gasteiger partial charge < -0.3 is 13.9 Å². The average Bonchev–Trinajstić information content (AvgIpc) is 3.37. The van der Waals surface area contributed by atoms with Crippen molar-refractivity contribution >= 4 is 16.9 Å². The third-order valence-corrected chi connectivity index (χ3v) is 13.7. The molecule has 1 aromatic heterocycles. The second-order valence-corrected chi connectivity index (χ2v) is 16.6. The number of benzene rings is 1. The van der Waals surface area contributed by atoms with Crippen LogP contribution in [0.1, 0.15) is 122 Å². The lowest BCUT2D eigenvalue weighted by Crippen LogP contribution is -2.51. The van der Waals surface area contributed by atoms with Crippen molar-refractivity contribution in [1.29, 1.82) is 0 Å². The summed E-state index contributed by atoms with van der Waals surface area (Å²) in [5.41, 5.74) is 4.68. The number of ether oxygens (including phenoxy) is 2. The van der Waals surface area contributed by atoms with E-state index in [0.717, 1.165) is 71.3 Å². The molecule has 4 aliphatic carbocycles. The lowest BCUT2D eigenvalue weighted by molar-refractivity contribution is -0.153. The number of rotatable bonds is 9. The van der Waals surface area contributed by atoms with Crippen LogP contribution >= 0.6 is 0 Å². The van der Waals surface area contributed by atoms with Crippen LogP contribution in [0.4, 0.5) is 0 Å². The van der Waals surface area contributed by atoms with E-state index >= 15 is 0 Å². The molecule has 3 fully saturated rings. The fraction of sp³-hybridized carbons (Fsp3) is 0.707. The Labute approximate surface area is 276 Å². The number of aryl methyl sites for hydroxylation is 2. The molecule has 0 aliphatic heterocycles. The van der Waals surface area contributed by atoms with Crippen molar-refractivity contribution in [3.63, 3.8) is 0 Å². The molecule has 6 rings (SSSR count). The summed E-state index contributed by atoms with van der Waals surface area (Å²) >= 11 is 0. The summed E-state index contributed by atoms with van der Waals surface area (Å²) in [7, 11) is 0. The van der Waals surface area contributed by atoms with Crippen LogP contribution in [0.15, 0.2) is 33.0 Å². The molecule has 0 N–H and O–H groups in total. The first-order chi connectivity index (χ1) is 21.8. The summed E-state index contributed by atoms with van der Waals surface area (Å²) in [6.45, 7) is 17.9. The molecular weight excluding hydrogens is 572 g/mol. The highest BCUT2D eigenvalue weighted by Crippen LogP contribution is 2.67. The largest absolute Gasteiger partial charge is 0.481 e. The number of fused-ring (bicyclic) bond motifs is 6. The van der Waals surface area contributed by atoms with Gasteiger partial charge in [0.25, 0.3) is 0 Å². The minimum Gasteiger partial charge on any atom is -0.481 e. The molecule has 0 saturated heterocycles. The van der Waals surface area contributed by atoms with Gasteiger partial charge in [0, 0.05) is 22.9 Å². The molecule has 3 saturated carbocycles. The minimum absolute atomic E-state index is 0.0928. The second-order valence-electron chi connectivity index (χ2n) is 16.6. The zero-order chi connectivity index (χ0) is 33.0. The Morgan fingerprint density at radius 2 is 1.74 bits per heavy atom. The first-order valence-corrected chi connectivity index (χ1v) is 18.4. The van der Waals surface area contributed by atoms with Crippen molar-refractivity contribution in [3.05, 3.63) is 50.9 Å². The van der Waals surface area contributed by atoms with Crippen LogP contribution in [0.3, 0.4) is 0 Å². The summed E-state index contributed by atoms with van der Waals surface area (Å²) < 4.78 is 17.5. The Hall–Kier alpha value is -2.56. The summed E-state index contributed by atoms with van der Waals surface area (Å²) in [6.07, 6.45) is 16.2. The molecule has 1 aromatic carbocycles. The van der Waals surface area contributed by atoms with E-state index in [1.54, 1.807) is 6.92 Å². The summed E-state index contributed by atoms with van der Waals surface area (Å²) in [6, 6.07) is 3.75. The van der Waals surface area contributed by atoms with Gasteiger partial charge >= 0.3 is 11.6 Å². The highest BCUT2D eigenvalue weighted by atomic mass is 16.6. The Kier molecular flexibility index (Phi) is 9.28. The molecule has 0 radical (unpaired) electrons. The van der Waals surface area contributed by atoms with Gasteiger partial charge in [-0.1, -0.05) is 65.5 Å². The molecular formula is C41H58O5. The molecule has 4 aliphatic rings. The van der Waals surface area contributed by atoms with E-state index in [0.29, 0.717) is 22.3 Å². The molecule has 5 heteroatoms. The van der Waals surface area contributed by atoms with Gasteiger partial charge in [0.2, 0.25) is 0 Å². The highest BCUT2D eigenvalue weighted by Gasteiger charge is 2.59. The van der Waals surface area contributed by atoms with Crippen LogP contribution in [0, 0.1) is 67.1 Å². The van der Waals surface area contributed by atoms with Gasteiger partial charge in [-0.25, -0.2) is 9.59 Å². The fourth-order valence-electron chi connectivity index (χ4n) is 10.9. The predicted octanol–water partition coefficient (Wildman–Crippen LogP) is 10.1. The number of allylic oxidation sites excluding steroid dienone is 1. The summed E-state index contributed by atoms with van der Waals surface area (Å²) in [5.74, 6) is 5.14. The van der Waals surface area contributed by atoms with Crippen molar-refractivity contribution in [2.75, 3.05) is 6.61 Å². The maximum absolute atomic E-state index is 13.0. The van der Waals surface area contributed by atoms with Crippen molar-refractivity contribution in [1.82, 2.24) is 0 Å². The number of hydrogen-bond donors (Lipinski definition) is 0. The highest BCUT2D eigenvalue weighted by molar-refractivity contribution is 5.85. The van der Waals surface area contributed by atoms with E-state index in [9.17, 15) is 9.59 Å². The fourth-order valence-corrected chi connectivity index (χ4v) is 10.9. The van der Waals surface area contributed by atoms with E-state index in [1.165, 1.54) is 56.9 Å². The van der Waals surface area contributed by atoms with Gasteiger partial charge in [0.15, 0.2) is 6.61 Å². The second kappa shape index (κ2) is 12.8. The molecule has 0 bridgehead atoms. The number of hydrogen-bond acceptors (Lipinski definition) is 5. The Morgan fingerprint density at radius 3 is 2.50 bits per heavy atom. The zero-order valence-corrected chi connectivity index (χ0v) is 29.8. The standard InChI is InChI=1S/C41H58O5/c1-24(2)10-9-11-25(3)33-15-16-34-32-13-12-29-22-30(18-20-40(29,7)35(32)19-21-41(33,34)8)45-37(42)23-44-36-17-14-31-26(4)27(5)39(43)46-38(31)28(36)6/h12,14,17,24-25,30,32-35H,9-11,13,15-16,18-23H2,1-8H3/t25-,30-,32+,33-,34+,35-,40-,41+/m1/s1. The number of carbonyl (C=O) groups is 1. The van der Waals surface area contributed by atoms with Gasteiger partial charge in [-0.15, -0.1) is 0 Å². The number of carbonyl (C=O) groups excluding carboxylic acids is 1. The maximum Gasteiger partial charge on any atom is 0.344 e. The monoisotopic (exact) mass is 630 g/mol. The zero-order valence-electron chi connectivity index (χ0n) is 29.8. The Balaban J connectivity index is 1.07. The SMILES string of the molecule is Cc1c(C)c2ccc(OCC(=O)O[C@@H]3CC[C@]4(C)C(=CC[C@@H]5[C@H]4CC[C@@]4(C)[C@@H]([C@H](C)CCCC(C)C)CC[C@@H]54)C3)c(C)c2oc1=O. The first kappa shape index (κ1) is 33.3. The molecule has 252 valence electrons.